The average molecular weight is 556 g/mol. The van der Waals surface area contributed by atoms with Crippen LogP contribution in [-0.4, -0.2) is 74.1 Å². The van der Waals surface area contributed by atoms with Crippen LogP contribution in [0.3, 0.4) is 0 Å². The maximum Gasteiger partial charge on any atom is 0.232 e. The second kappa shape index (κ2) is 11.4. The Morgan fingerprint density at radius 2 is 1.87 bits per heavy atom. The molecule has 0 amide bonds. The van der Waals surface area contributed by atoms with Gasteiger partial charge in [-0.2, -0.15) is 0 Å². The molecule has 204 valence electrons. The van der Waals surface area contributed by atoms with Crippen LogP contribution in [0.2, 0.25) is 0 Å². The number of aromatic nitrogens is 4. The van der Waals surface area contributed by atoms with Crippen molar-refractivity contribution in [1.82, 2.24) is 19.9 Å². The fourth-order valence-corrected chi connectivity index (χ4v) is 5.30. The molecular weight excluding hydrogens is 528 g/mol. The molecule has 4 aromatic rings. The lowest BCUT2D eigenvalue weighted by atomic mass is 10.1. The van der Waals surface area contributed by atoms with Crippen LogP contribution in [0, 0.1) is 5.82 Å². The van der Waals surface area contributed by atoms with Crippen LogP contribution >= 0.6 is 0 Å². The molecule has 1 aromatic carbocycles. The number of pyridine rings is 2. The molecule has 1 saturated heterocycles. The van der Waals surface area contributed by atoms with Crippen LogP contribution in [-0.2, 0) is 14.8 Å². The Kier molecular flexibility index (Phi) is 7.79. The number of alkyl halides is 1. The van der Waals surface area contributed by atoms with Crippen molar-refractivity contribution in [3.8, 4) is 22.6 Å². The molecule has 0 atom stereocenters. The molecule has 1 aliphatic rings. The van der Waals surface area contributed by atoms with Gasteiger partial charge in [0.05, 0.1) is 42.5 Å². The van der Waals surface area contributed by atoms with E-state index in [1.54, 1.807) is 25.4 Å². The van der Waals surface area contributed by atoms with Gasteiger partial charge in [0.15, 0.2) is 17.5 Å². The van der Waals surface area contributed by atoms with Crippen molar-refractivity contribution in [2.45, 2.75) is 6.42 Å². The highest BCUT2D eigenvalue weighted by molar-refractivity contribution is 7.92. The van der Waals surface area contributed by atoms with Gasteiger partial charge >= 0.3 is 0 Å². The van der Waals surface area contributed by atoms with Crippen LogP contribution in [0.4, 0.5) is 26.1 Å². The van der Waals surface area contributed by atoms with Crippen LogP contribution in [0.15, 0.2) is 48.7 Å². The minimum Gasteiger partial charge on any atom is -0.378 e. The second-order valence-corrected chi connectivity index (χ2v) is 10.7. The SMILES string of the molecule is CNc1ccc(-c2nc(N3CCOCC3)c3nc(-c4cccc(NS(=O)(=O)CCCF)c4F)ccc3n2)cn1. The van der Waals surface area contributed by atoms with Gasteiger partial charge in [-0.25, -0.2) is 32.7 Å². The fraction of sp³-hybridized carbons (Fsp3) is 0.308. The first-order valence-corrected chi connectivity index (χ1v) is 14.0. The number of halogens is 2. The summed E-state index contributed by atoms with van der Waals surface area (Å²) in [5.41, 5.74) is 1.93. The first-order valence-electron chi connectivity index (χ1n) is 12.4. The molecule has 39 heavy (non-hydrogen) atoms. The van der Waals surface area contributed by atoms with Gasteiger partial charge in [-0.3, -0.25) is 9.11 Å². The monoisotopic (exact) mass is 555 g/mol. The number of anilines is 3. The fourth-order valence-electron chi connectivity index (χ4n) is 4.22. The van der Waals surface area contributed by atoms with Crippen LogP contribution in [0.25, 0.3) is 33.7 Å². The normalized spacial score (nSPS) is 14.0. The summed E-state index contributed by atoms with van der Waals surface area (Å²) < 4.78 is 60.2. The number of hydrogen-bond donors (Lipinski definition) is 2. The number of ether oxygens (including phenoxy) is 1. The quantitative estimate of drug-likeness (QED) is 0.317. The summed E-state index contributed by atoms with van der Waals surface area (Å²) in [5, 5.41) is 2.98. The van der Waals surface area contributed by atoms with Crippen LogP contribution in [0.5, 0.6) is 0 Å². The highest BCUT2D eigenvalue weighted by Gasteiger charge is 2.21. The molecule has 0 bridgehead atoms. The van der Waals surface area contributed by atoms with E-state index in [0.29, 0.717) is 54.8 Å². The number of nitrogens with zero attached hydrogens (tertiary/aromatic N) is 5. The molecule has 0 unspecified atom stereocenters. The van der Waals surface area contributed by atoms with Gasteiger partial charge in [0.25, 0.3) is 0 Å². The Labute approximate surface area is 224 Å². The van der Waals surface area contributed by atoms with Crippen molar-refractivity contribution >= 4 is 38.4 Å². The largest absolute Gasteiger partial charge is 0.378 e. The minimum absolute atomic E-state index is 0.103. The third-order valence-electron chi connectivity index (χ3n) is 6.20. The molecule has 2 N–H and O–H groups in total. The zero-order valence-corrected chi connectivity index (χ0v) is 22.0. The summed E-state index contributed by atoms with van der Waals surface area (Å²) >= 11 is 0. The topological polar surface area (TPSA) is 122 Å². The summed E-state index contributed by atoms with van der Waals surface area (Å²) in [5.74, 6) is 0.547. The highest BCUT2D eigenvalue weighted by atomic mass is 32.2. The predicted octanol–water partition coefficient (Wildman–Crippen LogP) is 3.87. The van der Waals surface area contributed by atoms with Gasteiger partial charge in [0.1, 0.15) is 11.3 Å². The Balaban J connectivity index is 1.58. The zero-order chi connectivity index (χ0) is 27.4. The number of morpholine rings is 1. The Bertz CT molecular complexity index is 1580. The summed E-state index contributed by atoms with van der Waals surface area (Å²) in [7, 11) is -2.12. The average Bonchev–Trinajstić information content (AvgIpc) is 2.97. The Hall–Kier alpha value is -3.97. The smallest absolute Gasteiger partial charge is 0.232 e. The Morgan fingerprint density at radius 1 is 1.05 bits per heavy atom. The summed E-state index contributed by atoms with van der Waals surface area (Å²) in [6.07, 6.45) is 1.51. The molecule has 10 nitrogen and oxygen atoms in total. The maximum absolute atomic E-state index is 15.5. The molecule has 0 spiro atoms. The molecule has 0 saturated carbocycles. The number of nitrogens with one attached hydrogen (secondary N) is 2. The third kappa shape index (κ3) is 5.88. The number of fused-ring (bicyclic) bond motifs is 1. The van der Waals surface area contributed by atoms with Gasteiger partial charge in [-0.1, -0.05) is 6.07 Å². The van der Waals surface area contributed by atoms with Gasteiger partial charge < -0.3 is 15.0 Å². The van der Waals surface area contributed by atoms with E-state index in [0.717, 1.165) is 5.56 Å². The molecule has 5 rings (SSSR count). The van der Waals surface area contributed by atoms with Crippen molar-refractivity contribution in [2.75, 3.05) is 60.7 Å². The van der Waals surface area contributed by atoms with Crippen molar-refractivity contribution in [3.63, 3.8) is 0 Å². The minimum atomic E-state index is -3.91. The number of benzene rings is 1. The highest BCUT2D eigenvalue weighted by Crippen LogP contribution is 2.32. The number of rotatable bonds is 9. The first-order chi connectivity index (χ1) is 18.9. The summed E-state index contributed by atoms with van der Waals surface area (Å²) in [6, 6.07) is 11.4. The van der Waals surface area contributed by atoms with Crippen molar-refractivity contribution < 1.29 is 21.9 Å². The molecular formula is C26H27F2N7O3S. The predicted molar refractivity (Wildman–Crippen MR) is 147 cm³/mol. The van der Waals surface area contributed by atoms with E-state index in [-0.39, 0.29) is 23.4 Å². The lowest BCUT2D eigenvalue weighted by Gasteiger charge is -2.28. The lowest BCUT2D eigenvalue weighted by molar-refractivity contribution is 0.122. The van der Waals surface area contributed by atoms with E-state index < -0.39 is 28.3 Å². The van der Waals surface area contributed by atoms with Crippen LogP contribution in [0.1, 0.15) is 6.42 Å². The third-order valence-corrected chi connectivity index (χ3v) is 7.56. The number of sulfonamides is 1. The second-order valence-electron chi connectivity index (χ2n) is 8.85. The number of hydrogen-bond acceptors (Lipinski definition) is 9. The van der Waals surface area contributed by atoms with E-state index in [1.807, 2.05) is 12.1 Å². The zero-order valence-electron chi connectivity index (χ0n) is 21.2. The molecule has 3 aromatic heterocycles. The van der Waals surface area contributed by atoms with Crippen molar-refractivity contribution in [2.24, 2.45) is 0 Å². The molecule has 0 aliphatic carbocycles. The standard InChI is InChI=1S/C26H27F2N7O3S/c1-29-22-9-6-17(16-30-22)25-32-21-8-7-19(31-24(21)26(33-25)35-11-13-38-14-12-35)18-4-2-5-20(23(18)28)34-39(36,37)15-3-10-27/h2,4-9,16,34H,3,10-15H2,1H3,(H,29,30). The van der Waals surface area contributed by atoms with Crippen molar-refractivity contribution in [3.05, 3.63) is 54.5 Å². The molecule has 4 heterocycles. The molecule has 0 radical (unpaired) electrons. The van der Waals surface area contributed by atoms with Gasteiger partial charge in [-0.15, -0.1) is 0 Å². The Morgan fingerprint density at radius 3 is 2.59 bits per heavy atom. The van der Waals surface area contributed by atoms with Gasteiger partial charge in [-0.05, 0) is 42.8 Å². The summed E-state index contributed by atoms with van der Waals surface area (Å²) in [4.78, 5) is 20.7. The lowest BCUT2D eigenvalue weighted by Crippen LogP contribution is -2.37. The van der Waals surface area contributed by atoms with E-state index in [1.165, 1.54) is 18.2 Å². The van der Waals surface area contributed by atoms with E-state index in [2.05, 4.69) is 19.9 Å². The van der Waals surface area contributed by atoms with Gasteiger partial charge in [0, 0.05) is 37.5 Å². The van der Waals surface area contributed by atoms with Crippen molar-refractivity contribution in [1.29, 1.82) is 0 Å². The van der Waals surface area contributed by atoms with Crippen LogP contribution < -0.4 is 14.9 Å². The van der Waals surface area contributed by atoms with E-state index in [9.17, 15) is 12.8 Å². The molecule has 1 aliphatic heterocycles. The maximum atomic E-state index is 15.5. The summed E-state index contributed by atoms with van der Waals surface area (Å²) in [6.45, 7) is 1.46. The first kappa shape index (κ1) is 26.6. The van der Waals surface area contributed by atoms with E-state index >= 15 is 4.39 Å². The van der Waals surface area contributed by atoms with Gasteiger partial charge in [0.2, 0.25) is 10.0 Å². The molecule has 1 fully saturated rings. The van der Waals surface area contributed by atoms with E-state index in [4.69, 9.17) is 19.7 Å². The molecule has 13 heteroatoms.